The van der Waals surface area contributed by atoms with E-state index in [1.807, 2.05) is 48.7 Å². The highest BCUT2D eigenvalue weighted by Gasteiger charge is 2.20. The topological polar surface area (TPSA) is 69.9 Å². The zero-order valence-corrected chi connectivity index (χ0v) is 18.6. The molecule has 0 amide bonds. The van der Waals surface area contributed by atoms with Gasteiger partial charge in [0.15, 0.2) is 10.8 Å². The van der Waals surface area contributed by atoms with Gasteiger partial charge in [0.25, 0.3) is 0 Å². The summed E-state index contributed by atoms with van der Waals surface area (Å²) in [6.45, 7) is 0.610. The van der Waals surface area contributed by atoms with Gasteiger partial charge in [-0.25, -0.2) is 15.0 Å². The molecule has 0 bridgehead atoms. The Balaban J connectivity index is 1.56. The van der Waals surface area contributed by atoms with Crippen molar-refractivity contribution in [2.24, 2.45) is 0 Å². The molecule has 2 aromatic carbocycles. The standard InChI is InChI=1S/C24H17ClN4O2S/c1-31-17-7-8-20-18(11-17)19(14-29(20)13-15-3-5-16(25)6-4-15)22(30)21-12-28-24(32-21)23-26-9-2-10-27-23/h2-12,14H,13H2,1H3. The van der Waals surface area contributed by atoms with Gasteiger partial charge in [-0.05, 0) is 42.0 Å². The van der Waals surface area contributed by atoms with Crippen molar-refractivity contribution in [3.05, 3.63) is 94.3 Å². The van der Waals surface area contributed by atoms with Gasteiger partial charge in [0.2, 0.25) is 5.78 Å². The predicted octanol–water partition coefficient (Wildman–Crippen LogP) is 5.50. The average molecular weight is 461 g/mol. The summed E-state index contributed by atoms with van der Waals surface area (Å²) in [6, 6.07) is 15.2. The second kappa shape index (κ2) is 8.53. The number of benzene rings is 2. The molecule has 8 heteroatoms. The third-order valence-electron chi connectivity index (χ3n) is 5.09. The number of hydrogen-bond acceptors (Lipinski definition) is 6. The Labute approximate surface area is 193 Å². The first kappa shape index (κ1) is 20.4. The fourth-order valence-electron chi connectivity index (χ4n) is 3.53. The van der Waals surface area contributed by atoms with Crippen molar-refractivity contribution in [2.45, 2.75) is 6.54 Å². The lowest BCUT2D eigenvalue weighted by Gasteiger charge is -2.06. The zero-order chi connectivity index (χ0) is 22.1. The van der Waals surface area contributed by atoms with Crippen LogP contribution in [0.1, 0.15) is 20.8 Å². The molecular formula is C24H17ClN4O2S. The Morgan fingerprint density at radius 2 is 1.88 bits per heavy atom. The number of rotatable bonds is 6. The molecule has 0 radical (unpaired) electrons. The van der Waals surface area contributed by atoms with Gasteiger partial charge in [-0.2, -0.15) is 0 Å². The Morgan fingerprint density at radius 1 is 1.09 bits per heavy atom. The van der Waals surface area contributed by atoms with Crippen LogP contribution >= 0.6 is 22.9 Å². The van der Waals surface area contributed by atoms with E-state index in [9.17, 15) is 4.79 Å². The molecule has 6 nitrogen and oxygen atoms in total. The van der Waals surface area contributed by atoms with Crippen molar-refractivity contribution in [3.63, 3.8) is 0 Å². The highest BCUT2D eigenvalue weighted by atomic mass is 35.5. The highest BCUT2D eigenvalue weighted by Crippen LogP contribution is 2.31. The third-order valence-corrected chi connectivity index (χ3v) is 6.33. The summed E-state index contributed by atoms with van der Waals surface area (Å²) < 4.78 is 7.47. The first-order valence-electron chi connectivity index (χ1n) is 9.81. The van der Waals surface area contributed by atoms with E-state index in [1.54, 1.807) is 31.8 Å². The fourth-order valence-corrected chi connectivity index (χ4v) is 4.47. The van der Waals surface area contributed by atoms with E-state index in [0.29, 0.717) is 38.6 Å². The van der Waals surface area contributed by atoms with Crippen LogP contribution in [0.4, 0.5) is 0 Å². The summed E-state index contributed by atoms with van der Waals surface area (Å²) in [5.41, 5.74) is 2.62. The number of hydrogen-bond donors (Lipinski definition) is 0. The normalized spacial score (nSPS) is 11.1. The summed E-state index contributed by atoms with van der Waals surface area (Å²) >= 11 is 7.31. The molecule has 0 aliphatic rings. The maximum atomic E-state index is 13.5. The maximum absolute atomic E-state index is 13.5. The molecule has 0 aliphatic heterocycles. The molecule has 3 heterocycles. The summed E-state index contributed by atoms with van der Waals surface area (Å²) in [5, 5.41) is 2.13. The van der Waals surface area contributed by atoms with Gasteiger partial charge in [-0.1, -0.05) is 23.7 Å². The van der Waals surface area contributed by atoms with Gasteiger partial charge in [0.1, 0.15) is 5.75 Å². The molecule has 32 heavy (non-hydrogen) atoms. The molecule has 0 fully saturated rings. The van der Waals surface area contributed by atoms with Gasteiger partial charge >= 0.3 is 0 Å². The van der Waals surface area contributed by atoms with Crippen LogP contribution in [-0.2, 0) is 6.54 Å². The van der Waals surface area contributed by atoms with E-state index < -0.39 is 0 Å². The van der Waals surface area contributed by atoms with Crippen LogP contribution in [-0.4, -0.2) is 32.4 Å². The summed E-state index contributed by atoms with van der Waals surface area (Å²) in [6.07, 6.45) is 6.78. The minimum absolute atomic E-state index is 0.0993. The van der Waals surface area contributed by atoms with Gasteiger partial charge in [0.05, 0.1) is 12.0 Å². The molecule has 0 saturated heterocycles. The first-order chi connectivity index (χ1) is 15.6. The van der Waals surface area contributed by atoms with Crippen molar-refractivity contribution >= 4 is 39.6 Å². The number of ketones is 1. The number of halogens is 1. The molecule has 5 rings (SSSR count). The van der Waals surface area contributed by atoms with Crippen molar-refractivity contribution in [3.8, 4) is 16.6 Å². The van der Waals surface area contributed by atoms with Crippen LogP contribution in [0.15, 0.2) is 73.3 Å². The molecule has 0 unspecified atom stereocenters. The highest BCUT2D eigenvalue weighted by molar-refractivity contribution is 7.17. The second-order valence-corrected chi connectivity index (χ2v) is 8.58. The summed E-state index contributed by atoms with van der Waals surface area (Å²) in [5.74, 6) is 1.10. The molecule has 0 aliphatic carbocycles. The average Bonchev–Trinajstić information content (AvgIpc) is 3.46. The van der Waals surface area contributed by atoms with E-state index in [4.69, 9.17) is 16.3 Å². The quantitative estimate of drug-likeness (QED) is 0.313. The van der Waals surface area contributed by atoms with E-state index in [2.05, 4.69) is 19.5 Å². The molecule has 5 aromatic rings. The molecule has 0 N–H and O–H groups in total. The van der Waals surface area contributed by atoms with E-state index >= 15 is 0 Å². The number of methoxy groups -OCH3 is 1. The van der Waals surface area contributed by atoms with Gasteiger partial charge in [-0.3, -0.25) is 4.79 Å². The van der Waals surface area contributed by atoms with Crippen LogP contribution in [0.5, 0.6) is 5.75 Å². The summed E-state index contributed by atoms with van der Waals surface area (Å²) in [7, 11) is 1.61. The van der Waals surface area contributed by atoms with Crippen molar-refractivity contribution in [1.29, 1.82) is 0 Å². The summed E-state index contributed by atoms with van der Waals surface area (Å²) in [4.78, 5) is 26.8. The van der Waals surface area contributed by atoms with Crippen LogP contribution < -0.4 is 4.74 Å². The minimum atomic E-state index is -0.0993. The van der Waals surface area contributed by atoms with Crippen LogP contribution in [0, 0.1) is 0 Å². The molecule has 158 valence electrons. The van der Waals surface area contributed by atoms with Crippen molar-refractivity contribution in [1.82, 2.24) is 19.5 Å². The Bertz CT molecular complexity index is 1410. The molecule has 0 spiro atoms. The van der Waals surface area contributed by atoms with Crippen molar-refractivity contribution in [2.75, 3.05) is 7.11 Å². The van der Waals surface area contributed by atoms with E-state index in [-0.39, 0.29) is 5.78 Å². The van der Waals surface area contributed by atoms with E-state index in [0.717, 1.165) is 16.5 Å². The van der Waals surface area contributed by atoms with E-state index in [1.165, 1.54) is 11.3 Å². The van der Waals surface area contributed by atoms with Gasteiger partial charge in [-0.15, -0.1) is 11.3 Å². The van der Waals surface area contributed by atoms with Crippen LogP contribution in [0.25, 0.3) is 21.7 Å². The molecule has 0 saturated carbocycles. The number of fused-ring (bicyclic) bond motifs is 1. The lowest BCUT2D eigenvalue weighted by Crippen LogP contribution is -1.99. The number of nitrogens with zero attached hydrogens (tertiary/aromatic N) is 4. The zero-order valence-electron chi connectivity index (χ0n) is 17.0. The predicted molar refractivity (Wildman–Crippen MR) is 126 cm³/mol. The largest absolute Gasteiger partial charge is 0.497 e. The van der Waals surface area contributed by atoms with Gasteiger partial charge in [0, 0.05) is 52.8 Å². The van der Waals surface area contributed by atoms with Crippen LogP contribution in [0.3, 0.4) is 0 Å². The molecule has 0 atom stereocenters. The lowest BCUT2D eigenvalue weighted by molar-refractivity contribution is 0.104. The number of aromatic nitrogens is 4. The Kier molecular flexibility index (Phi) is 5.43. The number of thiazole rings is 1. The second-order valence-electron chi connectivity index (χ2n) is 7.11. The molecular weight excluding hydrogens is 444 g/mol. The maximum Gasteiger partial charge on any atom is 0.206 e. The Hall–Kier alpha value is -3.55. The number of carbonyl (C=O) groups is 1. The van der Waals surface area contributed by atoms with Crippen molar-refractivity contribution < 1.29 is 9.53 Å². The molecule has 3 aromatic heterocycles. The fraction of sp³-hybridized carbons (Fsp3) is 0.0833. The Morgan fingerprint density at radius 3 is 2.62 bits per heavy atom. The lowest BCUT2D eigenvalue weighted by atomic mass is 10.1. The monoisotopic (exact) mass is 460 g/mol. The van der Waals surface area contributed by atoms with Crippen LogP contribution in [0.2, 0.25) is 5.02 Å². The third kappa shape index (κ3) is 3.88. The smallest absolute Gasteiger partial charge is 0.206 e. The SMILES string of the molecule is COc1ccc2c(c1)c(C(=O)c1cnc(-c3ncccn3)s1)cn2Cc1ccc(Cl)cc1. The minimum Gasteiger partial charge on any atom is -0.497 e. The van der Waals surface area contributed by atoms with Gasteiger partial charge < -0.3 is 9.30 Å². The first-order valence-corrected chi connectivity index (χ1v) is 11.0. The number of ether oxygens (including phenoxy) is 1. The number of carbonyl (C=O) groups excluding carboxylic acids is 1.